The summed E-state index contributed by atoms with van der Waals surface area (Å²) in [7, 11) is 0. The Balaban J connectivity index is -0.00000000908. The molecule has 0 saturated heterocycles. The maximum atomic E-state index is 4.25. The van der Waals surface area contributed by atoms with E-state index in [1.165, 1.54) is 0 Å². The van der Waals surface area contributed by atoms with Gasteiger partial charge in [0.05, 0.1) is 0 Å². The Morgan fingerprint density at radius 1 is 0.929 bits per heavy atom. The standard InChI is InChI=1S/C4H7.C3H7.C2H6.C2H3.3Y/c1-3-4-2;1-3-2;2*1-2;;;/h3-4H,1H2,2H3;3H,1-2H3;1-2H3;1H,2H2;;;/q2*-1;;-1;;;. The minimum Gasteiger partial charge on any atom is -0.521 e. The van der Waals surface area contributed by atoms with E-state index >= 15 is 0 Å². The van der Waals surface area contributed by atoms with Gasteiger partial charge >= 0.3 is 0 Å². The fraction of sp³-hybridized carbons (Fsp3) is 0.455. The van der Waals surface area contributed by atoms with Crippen molar-refractivity contribution >= 4 is 0 Å². The Hall–Kier alpha value is 2.66. The molecule has 0 aromatic heterocycles. The molecule has 0 bridgehead atoms. The van der Waals surface area contributed by atoms with Crippen LogP contribution in [0.2, 0.25) is 0 Å². The van der Waals surface area contributed by atoms with E-state index in [0.717, 1.165) is 0 Å². The molecule has 0 aliphatic heterocycles. The van der Waals surface area contributed by atoms with Crippen molar-refractivity contribution in [1.29, 1.82) is 0 Å². The van der Waals surface area contributed by atoms with Gasteiger partial charge in [-0.15, -0.1) is 6.92 Å². The van der Waals surface area contributed by atoms with Crippen LogP contribution in [0.5, 0.6) is 0 Å². The first-order chi connectivity index (χ1) is 5.33. The van der Waals surface area contributed by atoms with Crippen molar-refractivity contribution < 1.29 is 98.1 Å². The molecular formula is C11H23Y3-3. The first-order valence-electron chi connectivity index (χ1n) is 3.88. The van der Waals surface area contributed by atoms with Crippen LogP contribution in [0.4, 0.5) is 0 Å². The third-order valence-corrected chi connectivity index (χ3v) is 0.236. The SMILES string of the molecule is C=C[CH-]C.CC.C[CH-]C.[CH-]=C.[Y].[Y].[Y]. The van der Waals surface area contributed by atoms with Crippen LogP contribution in [-0.2, 0) is 98.1 Å². The van der Waals surface area contributed by atoms with Gasteiger partial charge in [-0.1, -0.05) is 13.8 Å². The Bertz CT molecular complexity index is 39.5. The molecule has 0 aliphatic rings. The fourth-order valence-electron chi connectivity index (χ4n) is 0. The number of rotatable bonds is 1. The summed E-state index contributed by atoms with van der Waals surface area (Å²) in [5.41, 5.74) is 0. The van der Waals surface area contributed by atoms with E-state index in [4.69, 9.17) is 0 Å². The molecule has 0 heterocycles. The maximum Gasteiger partial charge on any atom is 0 e. The molecule has 0 spiro atoms. The maximum absolute atomic E-state index is 4.25. The van der Waals surface area contributed by atoms with Gasteiger partial charge in [-0.05, 0) is 0 Å². The zero-order valence-electron chi connectivity index (χ0n) is 10.5. The largest absolute Gasteiger partial charge is 0.521 e. The normalized spacial score (nSPS) is 3.50. The molecule has 14 heavy (non-hydrogen) atoms. The molecule has 0 saturated carbocycles. The fourth-order valence-corrected chi connectivity index (χ4v) is 0. The quantitative estimate of drug-likeness (QED) is 0.555. The third-order valence-electron chi connectivity index (χ3n) is 0.236. The van der Waals surface area contributed by atoms with E-state index in [2.05, 4.69) is 19.7 Å². The molecule has 0 atom stereocenters. The molecule has 0 aromatic rings. The van der Waals surface area contributed by atoms with Gasteiger partial charge in [0.1, 0.15) is 0 Å². The third kappa shape index (κ3) is 204. The zero-order valence-corrected chi connectivity index (χ0v) is 19.0. The molecule has 0 fully saturated rings. The van der Waals surface area contributed by atoms with Gasteiger partial charge in [0, 0.05) is 98.1 Å². The Labute approximate surface area is 168 Å². The van der Waals surface area contributed by atoms with Crippen LogP contribution >= 0.6 is 0 Å². The van der Waals surface area contributed by atoms with Crippen LogP contribution in [0.3, 0.4) is 0 Å². The number of hydrogen-bond donors (Lipinski definition) is 0. The van der Waals surface area contributed by atoms with E-state index in [1.54, 1.807) is 6.08 Å². The van der Waals surface area contributed by atoms with Crippen molar-refractivity contribution in [3.63, 3.8) is 0 Å². The van der Waals surface area contributed by atoms with Crippen molar-refractivity contribution in [1.82, 2.24) is 0 Å². The molecule has 0 nitrogen and oxygen atoms in total. The second kappa shape index (κ2) is 105. The van der Waals surface area contributed by atoms with Crippen molar-refractivity contribution in [2.45, 2.75) is 34.6 Å². The number of allylic oxidation sites excluding steroid dienone is 1. The molecule has 79 valence electrons. The van der Waals surface area contributed by atoms with E-state index in [9.17, 15) is 0 Å². The first-order valence-corrected chi connectivity index (χ1v) is 3.88. The second-order valence-corrected chi connectivity index (χ2v) is 1.15. The summed E-state index contributed by atoms with van der Waals surface area (Å²) in [6.07, 6.45) is 5.64. The van der Waals surface area contributed by atoms with Crippen LogP contribution in [0.15, 0.2) is 19.2 Å². The van der Waals surface area contributed by atoms with Gasteiger partial charge in [0.2, 0.25) is 0 Å². The van der Waals surface area contributed by atoms with Crippen LogP contribution in [0, 0.1) is 19.4 Å². The van der Waals surface area contributed by atoms with Crippen LogP contribution in [0.25, 0.3) is 0 Å². The Kier molecular flexibility index (Phi) is 328. The predicted octanol–water partition coefficient (Wildman–Crippen LogP) is 4.25. The predicted molar refractivity (Wildman–Crippen MR) is 57.1 cm³/mol. The Morgan fingerprint density at radius 3 is 1.00 bits per heavy atom. The van der Waals surface area contributed by atoms with E-state index in [1.807, 2.05) is 47.5 Å². The second-order valence-electron chi connectivity index (χ2n) is 1.15. The monoisotopic (exact) mass is 422 g/mol. The van der Waals surface area contributed by atoms with Crippen LogP contribution in [-0.4, -0.2) is 0 Å². The van der Waals surface area contributed by atoms with Gasteiger partial charge in [0.15, 0.2) is 0 Å². The minimum atomic E-state index is 0. The molecule has 0 amide bonds. The zero-order chi connectivity index (χ0) is 10.1. The summed E-state index contributed by atoms with van der Waals surface area (Å²) in [5, 5.41) is 0. The van der Waals surface area contributed by atoms with Gasteiger partial charge in [-0.3, -0.25) is 6.58 Å². The Morgan fingerprint density at radius 2 is 1.00 bits per heavy atom. The van der Waals surface area contributed by atoms with E-state index < -0.39 is 0 Å². The molecule has 3 heteroatoms. The molecule has 0 N–H and O–H groups in total. The van der Waals surface area contributed by atoms with Gasteiger partial charge < -0.3 is 13.0 Å². The smallest absolute Gasteiger partial charge is 0 e. The number of hydrogen-bond acceptors (Lipinski definition) is 0. The summed E-state index contributed by atoms with van der Waals surface area (Å²) in [5.74, 6) is 0. The van der Waals surface area contributed by atoms with Gasteiger partial charge in [-0.2, -0.15) is 13.8 Å². The topological polar surface area (TPSA) is 0 Å². The van der Waals surface area contributed by atoms with Crippen molar-refractivity contribution in [3.05, 3.63) is 38.7 Å². The summed E-state index contributed by atoms with van der Waals surface area (Å²) in [6, 6.07) is 0. The molecule has 0 aliphatic carbocycles. The first kappa shape index (κ1) is 43.8. The van der Waals surface area contributed by atoms with Crippen molar-refractivity contribution in [2.75, 3.05) is 0 Å². The van der Waals surface area contributed by atoms with E-state index in [-0.39, 0.29) is 98.1 Å². The molecule has 3 radical (unpaired) electrons. The van der Waals surface area contributed by atoms with Crippen molar-refractivity contribution in [3.8, 4) is 0 Å². The van der Waals surface area contributed by atoms with Crippen LogP contribution in [0.1, 0.15) is 34.6 Å². The van der Waals surface area contributed by atoms with Crippen molar-refractivity contribution in [2.24, 2.45) is 0 Å². The summed E-state index contributed by atoms with van der Waals surface area (Å²) >= 11 is 0. The molecule has 0 rings (SSSR count). The van der Waals surface area contributed by atoms with Gasteiger partial charge in [-0.25, -0.2) is 19.1 Å². The summed E-state index contributed by atoms with van der Waals surface area (Å²) in [6.45, 7) is 20.4. The molecular weight excluding hydrogens is 399 g/mol. The van der Waals surface area contributed by atoms with Crippen LogP contribution < -0.4 is 0 Å². The summed E-state index contributed by atoms with van der Waals surface area (Å²) < 4.78 is 0. The van der Waals surface area contributed by atoms with E-state index in [0.29, 0.717) is 0 Å². The average Bonchev–Trinajstić information content (AvgIpc) is 2.12. The van der Waals surface area contributed by atoms with Gasteiger partial charge in [0.25, 0.3) is 0 Å². The molecule has 0 aromatic carbocycles. The average molecular weight is 422 g/mol. The summed E-state index contributed by atoms with van der Waals surface area (Å²) in [4.78, 5) is 0. The molecule has 0 unspecified atom stereocenters. The minimum absolute atomic E-state index is 0.